The summed E-state index contributed by atoms with van der Waals surface area (Å²) < 4.78 is 10.6. The number of aliphatic imine (C=N–C) groups is 1. The minimum absolute atomic E-state index is 0.484. The number of hydrogen-bond acceptors (Lipinski definition) is 3. The van der Waals surface area contributed by atoms with Gasteiger partial charge in [-0.1, -0.05) is 13.0 Å². The Morgan fingerprint density at radius 1 is 1.25 bits per heavy atom. The summed E-state index contributed by atoms with van der Waals surface area (Å²) in [6.45, 7) is 3.06. The number of nitrogens with zero attached hydrogens (tertiary/aromatic N) is 1. The topological polar surface area (TPSA) is 54.9 Å². The third kappa shape index (κ3) is 4.64. The molecule has 0 saturated heterocycles. The van der Waals surface area contributed by atoms with Crippen molar-refractivity contribution in [1.29, 1.82) is 0 Å². The summed E-state index contributed by atoms with van der Waals surface area (Å²) in [5, 5.41) is 6.28. The van der Waals surface area contributed by atoms with Crippen LogP contribution in [0.2, 0.25) is 0 Å². The van der Waals surface area contributed by atoms with Crippen molar-refractivity contribution in [2.75, 3.05) is 34.9 Å². The summed E-state index contributed by atoms with van der Waals surface area (Å²) in [6.07, 6.45) is 0.966. The minimum atomic E-state index is 0.484. The molecule has 0 radical (unpaired) electrons. The van der Waals surface area contributed by atoms with Crippen molar-refractivity contribution in [2.45, 2.75) is 13.3 Å². The van der Waals surface area contributed by atoms with Gasteiger partial charge in [0.05, 0.1) is 14.2 Å². The van der Waals surface area contributed by atoms with Gasteiger partial charge in [0, 0.05) is 20.6 Å². The number of guanidine groups is 1. The van der Waals surface area contributed by atoms with Crippen LogP contribution < -0.4 is 20.1 Å². The molecule has 1 atom stereocenters. The number of nitrogens with one attached hydrogen (secondary N) is 2. The van der Waals surface area contributed by atoms with Crippen molar-refractivity contribution in [3.8, 4) is 11.5 Å². The smallest absolute Gasteiger partial charge is 0.190 e. The molecule has 0 aliphatic rings. The first kappa shape index (κ1) is 16.1. The Balaban J connectivity index is 2.59. The summed E-state index contributed by atoms with van der Waals surface area (Å²) in [6, 6.07) is 6.05. The van der Waals surface area contributed by atoms with E-state index in [9.17, 15) is 0 Å². The van der Waals surface area contributed by atoms with E-state index in [1.54, 1.807) is 21.3 Å². The second-order valence-electron chi connectivity index (χ2n) is 4.70. The monoisotopic (exact) mass is 279 g/mol. The van der Waals surface area contributed by atoms with Gasteiger partial charge in [0.2, 0.25) is 0 Å². The molecule has 0 spiro atoms. The van der Waals surface area contributed by atoms with E-state index in [0.717, 1.165) is 30.4 Å². The number of rotatable bonds is 6. The fourth-order valence-corrected chi connectivity index (χ4v) is 2.03. The zero-order valence-corrected chi connectivity index (χ0v) is 13.0. The fourth-order valence-electron chi connectivity index (χ4n) is 2.03. The van der Waals surface area contributed by atoms with E-state index in [0.29, 0.717) is 5.92 Å². The molecule has 0 fully saturated rings. The summed E-state index contributed by atoms with van der Waals surface area (Å²) >= 11 is 0. The molecule has 20 heavy (non-hydrogen) atoms. The quantitative estimate of drug-likeness (QED) is 0.614. The zero-order chi connectivity index (χ0) is 15.0. The van der Waals surface area contributed by atoms with E-state index in [1.807, 2.05) is 19.2 Å². The fraction of sp³-hybridized carbons (Fsp3) is 0.533. The molecular formula is C15H25N3O2. The van der Waals surface area contributed by atoms with Gasteiger partial charge in [-0.2, -0.15) is 0 Å². The lowest BCUT2D eigenvalue weighted by Gasteiger charge is -2.15. The highest BCUT2D eigenvalue weighted by Crippen LogP contribution is 2.28. The molecule has 1 aromatic rings. The van der Waals surface area contributed by atoms with E-state index < -0.39 is 0 Å². The average Bonchev–Trinajstić information content (AvgIpc) is 2.48. The Hall–Kier alpha value is -1.91. The van der Waals surface area contributed by atoms with Crippen LogP contribution >= 0.6 is 0 Å². The molecule has 0 unspecified atom stereocenters. The molecule has 0 aliphatic heterocycles. The van der Waals surface area contributed by atoms with Crippen LogP contribution in [0, 0.1) is 5.92 Å². The maximum Gasteiger partial charge on any atom is 0.190 e. The van der Waals surface area contributed by atoms with E-state index >= 15 is 0 Å². The van der Waals surface area contributed by atoms with Crippen LogP contribution in [-0.2, 0) is 6.42 Å². The van der Waals surface area contributed by atoms with Crippen LogP contribution in [0.3, 0.4) is 0 Å². The van der Waals surface area contributed by atoms with Gasteiger partial charge < -0.3 is 20.1 Å². The van der Waals surface area contributed by atoms with Crippen LogP contribution in [0.4, 0.5) is 0 Å². The van der Waals surface area contributed by atoms with Crippen molar-refractivity contribution in [3.63, 3.8) is 0 Å². The molecule has 0 bridgehead atoms. The Kier molecular flexibility index (Phi) is 6.70. The van der Waals surface area contributed by atoms with Crippen LogP contribution in [0.5, 0.6) is 11.5 Å². The Labute approximate surface area is 121 Å². The summed E-state index contributed by atoms with van der Waals surface area (Å²) in [5.74, 6) is 2.83. The maximum atomic E-state index is 5.32. The maximum absolute atomic E-state index is 5.32. The molecule has 0 aromatic heterocycles. The average molecular weight is 279 g/mol. The molecular weight excluding hydrogens is 254 g/mol. The van der Waals surface area contributed by atoms with Crippen molar-refractivity contribution in [3.05, 3.63) is 23.8 Å². The number of benzene rings is 1. The van der Waals surface area contributed by atoms with Gasteiger partial charge in [-0.25, -0.2) is 0 Å². The van der Waals surface area contributed by atoms with Gasteiger partial charge in [-0.3, -0.25) is 4.99 Å². The lowest BCUT2D eigenvalue weighted by molar-refractivity contribution is 0.354. The molecule has 0 amide bonds. The molecule has 112 valence electrons. The summed E-state index contributed by atoms with van der Waals surface area (Å²) in [4.78, 5) is 4.09. The highest BCUT2D eigenvalue weighted by atomic mass is 16.5. The van der Waals surface area contributed by atoms with Crippen molar-refractivity contribution >= 4 is 5.96 Å². The predicted molar refractivity (Wildman–Crippen MR) is 82.8 cm³/mol. The SMILES string of the molecule is CN=C(NC)NC[C@H](C)Cc1ccc(OC)c(OC)c1. The van der Waals surface area contributed by atoms with Crippen LogP contribution in [-0.4, -0.2) is 40.8 Å². The van der Waals surface area contributed by atoms with E-state index in [1.165, 1.54) is 5.56 Å². The number of ether oxygens (including phenoxy) is 2. The van der Waals surface area contributed by atoms with Crippen molar-refractivity contribution < 1.29 is 9.47 Å². The van der Waals surface area contributed by atoms with Crippen LogP contribution in [0.15, 0.2) is 23.2 Å². The van der Waals surface area contributed by atoms with Gasteiger partial charge in [0.15, 0.2) is 17.5 Å². The van der Waals surface area contributed by atoms with Gasteiger partial charge >= 0.3 is 0 Å². The first-order valence-electron chi connectivity index (χ1n) is 6.73. The number of methoxy groups -OCH3 is 2. The van der Waals surface area contributed by atoms with Gasteiger partial charge in [-0.15, -0.1) is 0 Å². The van der Waals surface area contributed by atoms with E-state index in [4.69, 9.17) is 9.47 Å². The molecule has 5 nitrogen and oxygen atoms in total. The lowest BCUT2D eigenvalue weighted by Crippen LogP contribution is -2.37. The van der Waals surface area contributed by atoms with Crippen LogP contribution in [0.1, 0.15) is 12.5 Å². The molecule has 1 aromatic carbocycles. The first-order chi connectivity index (χ1) is 9.64. The number of hydrogen-bond donors (Lipinski definition) is 2. The third-order valence-electron chi connectivity index (χ3n) is 3.11. The van der Waals surface area contributed by atoms with E-state index in [-0.39, 0.29) is 0 Å². The predicted octanol–water partition coefficient (Wildman–Crippen LogP) is 1.68. The Bertz CT molecular complexity index is 447. The molecule has 1 rings (SSSR count). The Morgan fingerprint density at radius 2 is 1.95 bits per heavy atom. The normalized spacial score (nSPS) is 12.8. The molecule has 2 N–H and O–H groups in total. The second-order valence-corrected chi connectivity index (χ2v) is 4.70. The zero-order valence-electron chi connectivity index (χ0n) is 13.0. The van der Waals surface area contributed by atoms with Gasteiger partial charge in [0.1, 0.15) is 0 Å². The van der Waals surface area contributed by atoms with Crippen molar-refractivity contribution in [2.24, 2.45) is 10.9 Å². The van der Waals surface area contributed by atoms with Gasteiger partial charge in [0.25, 0.3) is 0 Å². The highest BCUT2D eigenvalue weighted by molar-refractivity contribution is 5.79. The minimum Gasteiger partial charge on any atom is -0.493 e. The largest absolute Gasteiger partial charge is 0.493 e. The Morgan fingerprint density at radius 3 is 2.50 bits per heavy atom. The molecule has 0 saturated carbocycles. The van der Waals surface area contributed by atoms with Crippen molar-refractivity contribution in [1.82, 2.24) is 10.6 Å². The standard InChI is InChI=1S/C15H25N3O2/c1-11(10-18-15(16-2)17-3)8-12-6-7-13(19-4)14(9-12)20-5/h6-7,9,11H,8,10H2,1-5H3,(H2,16,17,18)/t11-/m1/s1. The van der Waals surface area contributed by atoms with Crippen LogP contribution in [0.25, 0.3) is 0 Å². The summed E-state index contributed by atoms with van der Waals surface area (Å²) in [5.41, 5.74) is 1.23. The first-order valence-corrected chi connectivity index (χ1v) is 6.73. The molecule has 0 aliphatic carbocycles. The van der Waals surface area contributed by atoms with E-state index in [2.05, 4.69) is 28.6 Å². The molecule has 5 heteroatoms. The third-order valence-corrected chi connectivity index (χ3v) is 3.11. The summed E-state index contributed by atoms with van der Waals surface area (Å²) in [7, 11) is 6.92. The highest BCUT2D eigenvalue weighted by Gasteiger charge is 2.08. The van der Waals surface area contributed by atoms with Gasteiger partial charge in [-0.05, 0) is 30.0 Å². The second kappa shape index (κ2) is 8.30. The lowest BCUT2D eigenvalue weighted by atomic mass is 10.0. The molecule has 0 heterocycles.